The number of methoxy groups -OCH3 is 2. The van der Waals surface area contributed by atoms with E-state index >= 15 is 0 Å². The van der Waals surface area contributed by atoms with E-state index in [0.717, 1.165) is 9.87 Å². The maximum absolute atomic E-state index is 14.1. The molecule has 0 saturated carbocycles. The Bertz CT molecular complexity index is 1520. The zero-order valence-corrected chi connectivity index (χ0v) is 26.5. The summed E-state index contributed by atoms with van der Waals surface area (Å²) in [7, 11) is -1.45. The van der Waals surface area contributed by atoms with E-state index in [2.05, 4.69) is 5.32 Å². The van der Waals surface area contributed by atoms with Crippen molar-refractivity contribution in [1.29, 1.82) is 0 Å². The van der Waals surface area contributed by atoms with Crippen LogP contribution in [0.1, 0.15) is 31.4 Å². The Balaban J connectivity index is 2.13. The zero-order valence-electron chi connectivity index (χ0n) is 24.2. The van der Waals surface area contributed by atoms with Crippen LogP contribution >= 0.6 is 23.2 Å². The average molecular weight is 637 g/mol. The first-order chi connectivity index (χ1) is 19.9. The molecule has 9 nitrogen and oxygen atoms in total. The number of hydrogen-bond donors (Lipinski definition) is 1. The van der Waals surface area contributed by atoms with Gasteiger partial charge < -0.3 is 19.7 Å². The Morgan fingerprint density at radius 2 is 1.67 bits per heavy atom. The number of sulfonamides is 1. The van der Waals surface area contributed by atoms with Gasteiger partial charge >= 0.3 is 0 Å². The van der Waals surface area contributed by atoms with E-state index < -0.39 is 28.5 Å². The highest BCUT2D eigenvalue weighted by Crippen LogP contribution is 2.36. The number of anilines is 1. The Labute approximate surface area is 257 Å². The summed E-state index contributed by atoms with van der Waals surface area (Å²) in [5.41, 5.74) is 1.50. The van der Waals surface area contributed by atoms with E-state index in [9.17, 15) is 18.0 Å². The molecule has 226 valence electrons. The molecule has 0 saturated heterocycles. The number of nitrogens with one attached hydrogen (secondary N) is 1. The quantitative estimate of drug-likeness (QED) is 0.267. The van der Waals surface area contributed by atoms with Crippen molar-refractivity contribution in [2.24, 2.45) is 0 Å². The highest BCUT2D eigenvalue weighted by Gasteiger charge is 2.34. The average Bonchev–Trinajstić information content (AvgIpc) is 2.97. The van der Waals surface area contributed by atoms with Crippen LogP contribution in [0.2, 0.25) is 10.0 Å². The second kappa shape index (κ2) is 14.6. The van der Waals surface area contributed by atoms with E-state index in [1.165, 1.54) is 43.4 Å². The number of amides is 2. The summed E-state index contributed by atoms with van der Waals surface area (Å²) in [5.74, 6) is -0.456. The maximum atomic E-state index is 14.1. The number of benzene rings is 3. The minimum absolute atomic E-state index is 0.0215. The van der Waals surface area contributed by atoms with Crippen molar-refractivity contribution < 1.29 is 27.5 Å². The first-order valence-electron chi connectivity index (χ1n) is 13.3. The number of carbonyl (C=O) groups excluding carboxylic acids is 2. The lowest BCUT2D eigenvalue weighted by Gasteiger charge is -2.32. The standard InChI is InChI=1S/C30H35Cl2N3O6S/c1-6-15-33-30(37)21(3)34(18-22-9-10-23(31)16-26(22)32)29(36)19-35(27-17-24(40-4)11-14-28(27)41-5)42(38,39)25-12-7-20(2)8-13-25/h7-14,16-17,21H,6,15,18-19H2,1-5H3,(H,33,37)/t21-/m1/s1. The molecule has 1 atom stereocenters. The summed E-state index contributed by atoms with van der Waals surface area (Å²) in [6, 6.07) is 14.8. The molecular weight excluding hydrogens is 601 g/mol. The summed E-state index contributed by atoms with van der Waals surface area (Å²) in [5, 5.41) is 3.52. The van der Waals surface area contributed by atoms with Gasteiger partial charge in [0.2, 0.25) is 11.8 Å². The third kappa shape index (κ3) is 7.87. The van der Waals surface area contributed by atoms with Gasteiger partial charge in [-0.2, -0.15) is 0 Å². The summed E-state index contributed by atoms with van der Waals surface area (Å²) in [6.07, 6.45) is 0.702. The zero-order chi connectivity index (χ0) is 31.0. The number of ether oxygens (including phenoxy) is 2. The van der Waals surface area contributed by atoms with Gasteiger partial charge in [0.1, 0.15) is 24.1 Å². The molecule has 3 aromatic rings. The van der Waals surface area contributed by atoms with Crippen molar-refractivity contribution >= 4 is 50.7 Å². The summed E-state index contributed by atoms with van der Waals surface area (Å²) in [6.45, 7) is 5.04. The minimum Gasteiger partial charge on any atom is -0.497 e. The van der Waals surface area contributed by atoms with Crippen LogP contribution < -0.4 is 19.1 Å². The molecule has 0 radical (unpaired) electrons. The van der Waals surface area contributed by atoms with Gasteiger partial charge in [0, 0.05) is 29.2 Å². The van der Waals surface area contributed by atoms with Crippen LogP contribution in [0.25, 0.3) is 0 Å². The van der Waals surface area contributed by atoms with Crippen molar-refractivity contribution in [3.63, 3.8) is 0 Å². The second-order valence-electron chi connectivity index (χ2n) is 9.59. The molecule has 2 amide bonds. The lowest BCUT2D eigenvalue weighted by Crippen LogP contribution is -2.51. The largest absolute Gasteiger partial charge is 0.497 e. The Morgan fingerprint density at radius 3 is 2.26 bits per heavy atom. The number of rotatable bonds is 13. The number of nitrogens with zero attached hydrogens (tertiary/aromatic N) is 2. The maximum Gasteiger partial charge on any atom is 0.264 e. The normalized spacial score (nSPS) is 11.9. The van der Waals surface area contributed by atoms with Gasteiger partial charge in [-0.25, -0.2) is 8.42 Å². The van der Waals surface area contributed by atoms with Crippen LogP contribution in [0.3, 0.4) is 0 Å². The first-order valence-corrected chi connectivity index (χ1v) is 15.4. The molecule has 0 aliphatic carbocycles. The van der Waals surface area contributed by atoms with Crippen molar-refractivity contribution in [3.05, 3.63) is 81.8 Å². The van der Waals surface area contributed by atoms with Crippen LogP contribution in [0, 0.1) is 6.92 Å². The molecule has 3 aromatic carbocycles. The molecule has 3 rings (SSSR count). The fourth-order valence-electron chi connectivity index (χ4n) is 4.15. The van der Waals surface area contributed by atoms with E-state index in [0.29, 0.717) is 34.3 Å². The van der Waals surface area contributed by atoms with E-state index in [4.69, 9.17) is 32.7 Å². The fourth-order valence-corrected chi connectivity index (χ4v) is 6.04. The van der Waals surface area contributed by atoms with Crippen LogP contribution in [0.5, 0.6) is 11.5 Å². The Kier molecular flexibility index (Phi) is 11.5. The van der Waals surface area contributed by atoms with Crippen molar-refractivity contribution in [2.75, 3.05) is 31.6 Å². The van der Waals surface area contributed by atoms with E-state index in [-0.39, 0.29) is 28.8 Å². The van der Waals surface area contributed by atoms with Gasteiger partial charge in [0.25, 0.3) is 10.0 Å². The summed E-state index contributed by atoms with van der Waals surface area (Å²) >= 11 is 12.5. The van der Waals surface area contributed by atoms with Gasteiger partial charge in [-0.1, -0.05) is 53.9 Å². The van der Waals surface area contributed by atoms with Gasteiger partial charge in [0.15, 0.2) is 0 Å². The van der Waals surface area contributed by atoms with Gasteiger partial charge in [-0.3, -0.25) is 13.9 Å². The molecule has 0 spiro atoms. The molecule has 0 aliphatic rings. The van der Waals surface area contributed by atoms with Gasteiger partial charge in [-0.15, -0.1) is 0 Å². The topological polar surface area (TPSA) is 105 Å². The van der Waals surface area contributed by atoms with Crippen molar-refractivity contribution in [2.45, 2.75) is 44.7 Å². The smallest absolute Gasteiger partial charge is 0.264 e. The fraction of sp³-hybridized carbons (Fsp3) is 0.333. The molecular formula is C30H35Cl2N3O6S. The highest BCUT2D eigenvalue weighted by molar-refractivity contribution is 7.92. The van der Waals surface area contributed by atoms with Gasteiger partial charge in [-0.05, 0) is 62.2 Å². The number of carbonyl (C=O) groups is 2. The van der Waals surface area contributed by atoms with Crippen LogP contribution in [-0.2, 0) is 26.2 Å². The molecule has 42 heavy (non-hydrogen) atoms. The summed E-state index contributed by atoms with van der Waals surface area (Å²) in [4.78, 5) is 28.4. The van der Waals surface area contributed by atoms with Crippen molar-refractivity contribution in [1.82, 2.24) is 10.2 Å². The van der Waals surface area contributed by atoms with Crippen molar-refractivity contribution in [3.8, 4) is 11.5 Å². The first kappa shape index (κ1) is 33.0. The monoisotopic (exact) mass is 635 g/mol. The molecule has 0 bridgehead atoms. The van der Waals surface area contributed by atoms with E-state index in [1.54, 1.807) is 43.3 Å². The lowest BCUT2D eigenvalue weighted by molar-refractivity contribution is -0.139. The number of aryl methyl sites for hydroxylation is 1. The molecule has 0 aliphatic heterocycles. The van der Waals surface area contributed by atoms with Crippen LogP contribution in [0.4, 0.5) is 5.69 Å². The Morgan fingerprint density at radius 1 is 0.976 bits per heavy atom. The predicted molar refractivity (Wildman–Crippen MR) is 165 cm³/mol. The Hall–Kier alpha value is -3.47. The number of halogens is 2. The molecule has 0 heterocycles. The minimum atomic E-state index is -4.30. The third-order valence-electron chi connectivity index (χ3n) is 6.61. The molecule has 12 heteroatoms. The molecule has 0 aromatic heterocycles. The third-order valence-corrected chi connectivity index (χ3v) is 8.98. The lowest BCUT2D eigenvalue weighted by atomic mass is 10.1. The highest BCUT2D eigenvalue weighted by atomic mass is 35.5. The predicted octanol–water partition coefficient (Wildman–Crippen LogP) is 5.46. The SMILES string of the molecule is CCCNC(=O)[C@@H](C)N(Cc1ccc(Cl)cc1Cl)C(=O)CN(c1cc(OC)ccc1OC)S(=O)(=O)c1ccc(C)cc1. The van der Waals surface area contributed by atoms with Crippen LogP contribution in [0.15, 0.2) is 65.6 Å². The second-order valence-corrected chi connectivity index (χ2v) is 12.3. The van der Waals surface area contributed by atoms with Gasteiger partial charge in [0.05, 0.1) is 24.8 Å². The molecule has 1 N–H and O–H groups in total. The number of hydrogen-bond acceptors (Lipinski definition) is 6. The van der Waals surface area contributed by atoms with Crippen LogP contribution in [-0.4, -0.2) is 58.5 Å². The summed E-state index contributed by atoms with van der Waals surface area (Å²) < 4.78 is 40.0. The molecule has 0 fully saturated rings. The van der Waals surface area contributed by atoms with E-state index in [1.807, 2.05) is 13.8 Å². The molecule has 0 unspecified atom stereocenters.